The van der Waals surface area contributed by atoms with Crippen molar-refractivity contribution in [1.29, 1.82) is 0 Å². The van der Waals surface area contributed by atoms with Gasteiger partial charge in [-0.1, -0.05) is 11.6 Å². The number of rotatable bonds is 5. The number of ketones is 1. The van der Waals surface area contributed by atoms with Gasteiger partial charge in [0, 0.05) is 56.5 Å². The Hall–Kier alpha value is -3.33. The number of hydrogen-bond acceptors (Lipinski definition) is 7. The lowest BCUT2D eigenvalue weighted by Gasteiger charge is -2.22. The van der Waals surface area contributed by atoms with E-state index in [0.717, 1.165) is 29.9 Å². The number of carbonyl (C=O) groups is 2. The molecule has 2 aliphatic carbocycles. The lowest BCUT2D eigenvalue weighted by atomic mass is 9.92. The normalized spacial score (nSPS) is 24.2. The first-order chi connectivity index (χ1) is 15.7. The number of aryl methyl sites for hydroxylation is 1. The van der Waals surface area contributed by atoms with Crippen molar-refractivity contribution in [3.8, 4) is 11.4 Å². The summed E-state index contributed by atoms with van der Waals surface area (Å²) in [4.78, 5) is 37.3. The first kappa shape index (κ1) is 21.5. The Labute approximate surface area is 192 Å². The fourth-order valence-electron chi connectivity index (χ4n) is 5.04. The fraction of sp³-hybridized carbons (Fsp3) is 0.458. The van der Waals surface area contributed by atoms with E-state index in [-0.39, 0.29) is 24.3 Å². The van der Waals surface area contributed by atoms with Crippen LogP contribution in [0.4, 0.5) is 5.95 Å². The van der Waals surface area contributed by atoms with E-state index in [2.05, 4.69) is 20.3 Å². The van der Waals surface area contributed by atoms with E-state index in [1.807, 2.05) is 40.0 Å². The van der Waals surface area contributed by atoms with Crippen LogP contribution in [0.15, 0.2) is 35.1 Å². The van der Waals surface area contributed by atoms with Gasteiger partial charge in [-0.05, 0) is 44.2 Å². The van der Waals surface area contributed by atoms with Gasteiger partial charge in [-0.2, -0.15) is 5.10 Å². The SMILES string of the molecule is CC1=CC(C)=C(CNC(=O)c2nc(N3C[C@@H]4C(N)[C@@H]4C3)nc(-c3ccnn3C)c2C)C(=O)C1. The van der Waals surface area contributed by atoms with Crippen LogP contribution in [0.1, 0.15) is 36.3 Å². The predicted octanol–water partition coefficient (Wildman–Crippen LogP) is 1.54. The van der Waals surface area contributed by atoms with E-state index in [1.54, 1.807) is 10.9 Å². The lowest BCUT2D eigenvalue weighted by molar-refractivity contribution is -0.115. The topological polar surface area (TPSA) is 119 Å². The zero-order valence-corrected chi connectivity index (χ0v) is 19.4. The predicted molar refractivity (Wildman–Crippen MR) is 125 cm³/mol. The van der Waals surface area contributed by atoms with Crippen molar-refractivity contribution in [3.63, 3.8) is 0 Å². The number of fused-ring (bicyclic) bond motifs is 1. The van der Waals surface area contributed by atoms with Crippen LogP contribution in [0.25, 0.3) is 11.4 Å². The zero-order chi connectivity index (χ0) is 23.4. The van der Waals surface area contributed by atoms with Gasteiger partial charge in [0.15, 0.2) is 5.78 Å². The minimum atomic E-state index is -0.319. The smallest absolute Gasteiger partial charge is 0.270 e. The van der Waals surface area contributed by atoms with Crippen molar-refractivity contribution in [2.24, 2.45) is 24.6 Å². The molecule has 0 radical (unpaired) electrons. The molecule has 3 aliphatic rings. The monoisotopic (exact) mass is 447 g/mol. The van der Waals surface area contributed by atoms with Gasteiger partial charge in [0.1, 0.15) is 5.69 Å². The van der Waals surface area contributed by atoms with E-state index < -0.39 is 0 Å². The molecule has 172 valence electrons. The number of allylic oxidation sites excluding steroid dienone is 3. The number of nitrogens with two attached hydrogens (primary N) is 1. The third kappa shape index (κ3) is 3.76. The molecular formula is C24H29N7O2. The summed E-state index contributed by atoms with van der Waals surface area (Å²) in [5, 5.41) is 7.18. The summed E-state index contributed by atoms with van der Waals surface area (Å²) in [5.74, 6) is 1.20. The number of amides is 1. The van der Waals surface area contributed by atoms with Crippen LogP contribution >= 0.6 is 0 Å². The van der Waals surface area contributed by atoms with Crippen LogP contribution in [0, 0.1) is 18.8 Å². The summed E-state index contributed by atoms with van der Waals surface area (Å²) in [5.41, 5.74) is 11.2. The lowest BCUT2D eigenvalue weighted by Crippen LogP contribution is -2.33. The Morgan fingerprint density at radius 1 is 1.21 bits per heavy atom. The zero-order valence-electron chi connectivity index (χ0n) is 19.4. The summed E-state index contributed by atoms with van der Waals surface area (Å²) in [6, 6.07) is 2.13. The van der Waals surface area contributed by atoms with Gasteiger partial charge in [0.05, 0.1) is 11.4 Å². The minimum absolute atomic E-state index is 0.0519. The number of Topliss-reactive ketones (excluding diaryl/α,β-unsaturated/α-hetero) is 1. The van der Waals surface area contributed by atoms with Gasteiger partial charge >= 0.3 is 0 Å². The Bertz CT molecular complexity index is 1210. The van der Waals surface area contributed by atoms with Crippen LogP contribution < -0.4 is 16.0 Å². The third-order valence-electron chi connectivity index (χ3n) is 7.10. The second-order valence-corrected chi connectivity index (χ2v) is 9.43. The number of nitrogens with one attached hydrogen (secondary N) is 1. The highest BCUT2D eigenvalue weighted by Crippen LogP contribution is 2.45. The Balaban J connectivity index is 1.46. The fourth-order valence-corrected chi connectivity index (χ4v) is 5.04. The third-order valence-corrected chi connectivity index (χ3v) is 7.10. The second-order valence-electron chi connectivity index (χ2n) is 9.43. The average molecular weight is 448 g/mol. The first-order valence-corrected chi connectivity index (χ1v) is 11.3. The van der Waals surface area contributed by atoms with E-state index in [1.165, 1.54) is 0 Å². The van der Waals surface area contributed by atoms with Gasteiger partial charge < -0.3 is 16.0 Å². The number of carbonyl (C=O) groups excluding carboxylic acids is 2. The summed E-state index contributed by atoms with van der Waals surface area (Å²) in [7, 11) is 1.85. The summed E-state index contributed by atoms with van der Waals surface area (Å²) in [6.45, 7) is 7.47. The molecule has 0 spiro atoms. The molecule has 2 aromatic heterocycles. The second kappa shape index (κ2) is 7.91. The largest absolute Gasteiger partial charge is 0.346 e. The molecule has 1 unspecified atom stereocenters. The molecule has 3 atom stereocenters. The Morgan fingerprint density at radius 2 is 1.94 bits per heavy atom. The molecule has 9 heteroatoms. The maximum Gasteiger partial charge on any atom is 0.270 e. The standard InChI is InChI=1S/C24H29N7O2/c1-12-7-13(2)15(19(32)8-12)9-26-23(33)22-14(3)21(18-5-6-27-30(18)4)28-24(29-22)31-10-16-17(11-31)20(16)25/h5-7,16-17,20H,8-11,25H2,1-4H3,(H,26,33)/t16-,17+,20?. The molecule has 33 heavy (non-hydrogen) atoms. The maximum absolute atomic E-state index is 13.3. The van der Waals surface area contributed by atoms with Crippen molar-refractivity contribution < 1.29 is 9.59 Å². The van der Waals surface area contributed by atoms with Gasteiger partial charge in [-0.15, -0.1) is 0 Å². The molecule has 0 aromatic carbocycles. The number of hydrogen-bond donors (Lipinski definition) is 2. The van der Waals surface area contributed by atoms with Crippen molar-refractivity contribution in [2.75, 3.05) is 24.5 Å². The Morgan fingerprint density at radius 3 is 2.58 bits per heavy atom. The van der Waals surface area contributed by atoms with Gasteiger partial charge in [0.25, 0.3) is 5.91 Å². The van der Waals surface area contributed by atoms with E-state index in [4.69, 9.17) is 10.7 Å². The van der Waals surface area contributed by atoms with Crippen LogP contribution in [-0.4, -0.2) is 57.1 Å². The van der Waals surface area contributed by atoms with Crippen LogP contribution in [0.5, 0.6) is 0 Å². The summed E-state index contributed by atoms with van der Waals surface area (Å²) < 4.78 is 1.74. The minimum Gasteiger partial charge on any atom is -0.346 e. The quantitative estimate of drug-likeness (QED) is 0.714. The molecule has 2 fully saturated rings. The van der Waals surface area contributed by atoms with Gasteiger partial charge in [-0.3, -0.25) is 14.3 Å². The molecule has 2 aromatic rings. The molecule has 3 heterocycles. The number of nitrogens with zero attached hydrogens (tertiary/aromatic N) is 5. The van der Waals surface area contributed by atoms with E-state index in [9.17, 15) is 9.59 Å². The number of aromatic nitrogens is 4. The van der Waals surface area contributed by atoms with Crippen LogP contribution in [0.2, 0.25) is 0 Å². The molecular weight excluding hydrogens is 418 g/mol. The number of anilines is 1. The van der Waals surface area contributed by atoms with Crippen molar-refractivity contribution in [2.45, 2.75) is 33.2 Å². The van der Waals surface area contributed by atoms with E-state index in [0.29, 0.717) is 46.7 Å². The molecule has 3 N–H and O–H groups in total. The molecule has 1 aliphatic heterocycles. The van der Waals surface area contributed by atoms with Gasteiger partial charge in [0.2, 0.25) is 5.95 Å². The van der Waals surface area contributed by atoms with Gasteiger partial charge in [-0.25, -0.2) is 9.97 Å². The van der Waals surface area contributed by atoms with Crippen molar-refractivity contribution in [1.82, 2.24) is 25.1 Å². The molecule has 1 saturated carbocycles. The summed E-state index contributed by atoms with van der Waals surface area (Å²) >= 11 is 0. The van der Waals surface area contributed by atoms with Crippen LogP contribution in [-0.2, 0) is 11.8 Å². The highest BCUT2D eigenvalue weighted by Gasteiger charge is 2.54. The van der Waals surface area contributed by atoms with Crippen molar-refractivity contribution in [3.05, 3.63) is 46.3 Å². The van der Waals surface area contributed by atoms with E-state index >= 15 is 0 Å². The molecule has 1 amide bonds. The first-order valence-electron chi connectivity index (χ1n) is 11.3. The van der Waals surface area contributed by atoms with Crippen LogP contribution in [0.3, 0.4) is 0 Å². The Kier molecular flexibility index (Phi) is 5.16. The van der Waals surface area contributed by atoms with Crippen molar-refractivity contribution >= 4 is 17.6 Å². The average Bonchev–Trinajstić information content (AvgIpc) is 3.13. The molecule has 0 bridgehead atoms. The molecule has 5 rings (SSSR count). The summed E-state index contributed by atoms with van der Waals surface area (Å²) in [6.07, 6.45) is 4.10. The molecule has 1 saturated heterocycles. The highest BCUT2D eigenvalue weighted by atomic mass is 16.2. The highest BCUT2D eigenvalue weighted by molar-refractivity contribution is 6.01. The maximum atomic E-state index is 13.3. The molecule has 9 nitrogen and oxygen atoms in total. The number of piperidine rings is 1.